The molecule has 1 heterocycles. The van der Waals surface area contributed by atoms with Crippen molar-refractivity contribution in [2.75, 3.05) is 13.3 Å². The van der Waals surface area contributed by atoms with E-state index in [0.717, 1.165) is 0 Å². The van der Waals surface area contributed by atoms with Crippen molar-refractivity contribution >= 4 is 29.4 Å². The van der Waals surface area contributed by atoms with Crippen molar-refractivity contribution in [1.29, 1.82) is 0 Å². The van der Waals surface area contributed by atoms with Gasteiger partial charge in [0.2, 0.25) is 0 Å². The maximum Gasteiger partial charge on any atom is 0.324 e. The van der Waals surface area contributed by atoms with Crippen LogP contribution in [0.1, 0.15) is 13.3 Å². The van der Waals surface area contributed by atoms with Crippen molar-refractivity contribution in [1.82, 2.24) is 10.2 Å². The number of nitrogens with zero attached hydrogens (tertiary/aromatic N) is 1. The summed E-state index contributed by atoms with van der Waals surface area (Å²) in [5, 5.41) is 2.72. The number of rotatable bonds is 4. The van der Waals surface area contributed by atoms with Crippen LogP contribution in [0.3, 0.4) is 0 Å². The van der Waals surface area contributed by atoms with Crippen LogP contribution in [-0.2, 0) is 4.79 Å². The average Bonchev–Trinajstić information content (AvgIpc) is 2.58. The molecule has 0 aromatic carbocycles. The molecule has 7 heteroatoms. The standard InChI is InChI=1S/C9H14F2N2OS2/c1-4-9(10,11)7(14)12-6-5-13(2)8(15-3)16-6/h5,8H,4H2,1-3H3,(H,12,14). The largest absolute Gasteiger partial charge is 0.357 e. The van der Waals surface area contributed by atoms with Gasteiger partial charge < -0.3 is 10.2 Å². The summed E-state index contributed by atoms with van der Waals surface area (Å²) >= 11 is 2.94. The summed E-state index contributed by atoms with van der Waals surface area (Å²) in [6.45, 7) is 1.28. The topological polar surface area (TPSA) is 32.3 Å². The fourth-order valence-corrected chi connectivity index (χ4v) is 3.02. The summed E-state index contributed by atoms with van der Waals surface area (Å²) in [4.78, 5) is 13.1. The van der Waals surface area contributed by atoms with Gasteiger partial charge in [0.05, 0.1) is 5.03 Å². The molecule has 1 amide bonds. The number of halogens is 2. The smallest absolute Gasteiger partial charge is 0.324 e. The maximum atomic E-state index is 13.0. The molecular formula is C9H14F2N2OS2. The second-order valence-corrected chi connectivity index (χ2v) is 5.67. The van der Waals surface area contributed by atoms with E-state index >= 15 is 0 Å². The first-order valence-electron chi connectivity index (χ1n) is 4.73. The van der Waals surface area contributed by atoms with E-state index in [1.54, 1.807) is 18.0 Å². The lowest BCUT2D eigenvalue weighted by Gasteiger charge is -2.16. The molecule has 0 aliphatic carbocycles. The Balaban J connectivity index is 2.57. The minimum atomic E-state index is -3.29. The summed E-state index contributed by atoms with van der Waals surface area (Å²) in [5.41, 5.74) is 0. The Morgan fingerprint density at radius 1 is 1.75 bits per heavy atom. The lowest BCUT2D eigenvalue weighted by atomic mass is 10.2. The molecule has 1 unspecified atom stereocenters. The molecule has 1 atom stereocenters. The Kier molecular flexibility index (Phi) is 4.49. The Morgan fingerprint density at radius 2 is 2.38 bits per heavy atom. The van der Waals surface area contributed by atoms with Crippen molar-refractivity contribution in [2.45, 2.75) is 24.0 Å². The van der Waals surface area contributed by atoms with E-state index in [1.807, 2.05) is 18.2 Å². The highest BCUT2D eigenvalue weighted by Crippen LogP contribution is 2.36. The third kappa shape index (κ3) is 3.04. The predicted molar refractivity (Wildman–Crippen MR) is 64.1 cm³/mol. The first kappa shape index (κ1) is 13.6. The van der Waals surface area contributed by atoms with Crippen LogP contribution in [0.25, 0.3) is 0 Å². The van der Waals surface area contributed by atoms with Gasteiger partial charge in [0.15, 0.2) is 0 Å². The zero-order chi connectivity index (χ0) is 12.3. The molecule has 1 N–H and O–H groups in total. The van der Waals surface area contributed by atoms with Gasteiger partial charge in [-0.25, -0.2) is 0 Å². The molecule has 1 aliphatic rings. The third-order valence-corrected chi connectivity index (χ3v) is 4.69. The molecule has 3 nitrogen and oxygen atoms in total. The third-order valence-electron chi connectivity index (χ3n) is 2.10. The zero-order valence-corrected chi connectivity index (χ0v) is 10.9. The maximum absolute atomic E-state index is 13.0. The van der Waals surface area contributed by atoms with E-state index in [4.69, 9.17) is 0 Å². The Hall–Kier alpha value is -0.430. The van der Waals surface area contributed by atoms with Crippen LogP contribution < -0.4 is 5.32 Å². The number of carbonyl (C=O) groups excluding carboxylic acids is 1. The minimum absolute atomic E-state index is 0.130. The van der Waals surface area contributed by atoms with Crippen LogP contribution in [0.15, 0.2) is 11.2 Å². The molecule has 1 aliphatic heterocycles. The zero-order valence-electron chi connectivity index (χ0n) is 9.29. The van der Waals surface area contributed by atoms with Crippen molar-refractivity contribution in [2.24, 2.45) is 0 Å². The van der Waals surface area contributed by atoms with Gasteiger partial charge >= 0.3 is 5.92 Å². The van der Waals surface area contributed by atoms with Crippen molar-refractivity contribution in [3.63, 3.8) is 0 Å². The number of nitrogens with one attached hydrogen (secondary N) is 1. The Morgan fingerprint density at radius 3 is 2.81 bits per heavy atom. The molecule has 0 aromatic rings. The van der Waals surface area contributed by atoms with E-state index in [0.29, 0.717) is 5.03 Å². The summed E-state index contributed by atoms with van der Waals surface area (Å²) in [6, 6.07) is 0. The van der Waals surface area contributed by atoms with Gasteiger partial charge in [-0.3, -0.25) is 4.79 Å². The molecule has 92 valence electrons. The molecule has 0 saturated heterocycles. The van der Waals surface area contributed by atoms with Crippen LogP contribution in [0.4, 0.5) is 8.78 Å². The first-order valence-corrected chi connectivity index (χ1v) is 6.90. The number of carbonyl (C=O) groups is 1. The SMILES string of the molecule is CCC(F)(F)C(=O)NC1=CN(C)C(SC)S1. The molecule has 0 fully saturated rings. The second kappa shape index (κ2) is 5.27. The Labute approximate surface area is 102 Å². The van der Waals surface area contributed by atoms with Gasteiger partial charge in [-0.05, 0) is 6.26 Å². The van der Waals surface area contributed by atoms with E-state index in [2.05, 4.69) is 5.32 Å². The van der Waals surface area contributed by atoms with Crippen LogP contribution in [0, 0.1) is 0 Å². The van der Waals surface area contributed by atoms with Gasteiger partial charge in [-0.1, -0.05) is 18.7 Å². The quantitative estimate of drug-likeness (QED) is 0.848. The van der Waals surface area contributed by atoms with Gasteiger partial charge in [0.1, 0.15) is 4.71 Å². The van der Waals surface area contributed by atoms with Gasteiger partial charge in [0, 0.05) is 19.7 Å². The van der Waals surface area contributed by atoms with Crippen molar-refractivity contribution in [3.05, 3.63) is 11.2 Å². The van der Waals surface area contributed by atoms with Crippen LogP contribution in [0.2, 0.25) is 0 Å². The number of thioether (sulfide) groups is 2. The summed E-state index contributed by atoms with van der Waals surface area (Å²) < 4.78 is 26.1. The molecule has 1 rings (SSSR count). The molecule has 0 aromatic heterocycles. The van der Waals surface area contributed by atoms with Crippen LogP contribution >= 0.6 is 23.5 Å². The van der Waals surface area contributed by atoms with E-state index < -0.39 is 18.3 Å². The molecule has 16 heavy (non-hydrogen) atoms. The lowest BCUT2D eigenvalue weighted by Crippen LogP contribution is -2.38. The minimum Gasteiger partial charge on any atom is -0.357 e. The summed E-state index contributed by atoms with van der Waals surface area (Å²) in [6.07, 6.45) is 3.10. The highest BCUT2D eigenvalue weighted by atomic mass is 32.2. The molecule has 0 bridgehead atoms. The molecule has 0 radical (unpaired) electrons. The van der Waals surface area contributed by atoms with Gasteiger partial charge in [-0.15, -0.1) is 11.8 Å². The normalized spacial score (nSPS) is 20.9. The first-order chi connectivity index (χ1) is 7.40. The number of alkyl halides is 2. The second-order valence-electron chi connectivity index (χ2n) is 3.33. The molecule has 0 saturated carbocycles. The average molecular weight is 268 g/mol. The van der Waals surface area contributed by atoms with E-state index in [9.17, 15) is 13.6 Å². The van der Waals surface area contributed by atoms with E-state index in [1.165, 1.54) is 18.7 Å². The number of hydrogen-bond acceptors (Lipinski definition) is 4. The van der Waals surface area contributed by atoms with Crippen molar-refractivity contribution in [3.8, 4) is 0 Å². The summed E-state index contributed by atoms with van der Waals surface area (Å²) in [7, 11) is 1.84. The monoisotopic (exact) mass is 268 g/mol. The molecular weight excluding hydrogens is 254 g/mol. The fourth-order valence-electron chi connectivity index (χ4n) is 1.11. The highest BCUT2D eigenvalue weighted by molar-refractivity contribution is 8.18. The van der Waals surface area contributed by atoms with Crippen LogP contribution in [0.5, 0.6) is 0 Å². The number of amides is 1. The summed E-state index contributed by atoms with van der Waals surface area (Å²) in [5.74, 6) is -4.53. The van der Waals surface area contributed by atoms with Crippen LogP contribution in [-0.4, -0.2) is 34.7 Å². The van der Waals surface area contributed by atoms with E-state index in [-0.39, 0.29) is 4.71 Å². The predicted octanol–water partition coefficient (Wildman–Crippen LogP) is 2.27. The Bertz CT molecular complexity index is 310. The fraction of sp³-hybridized carbons (Fsp3) is 0.667. The number of hydrogen-bond donors (Lipinski definition) is 1. The highest BCUT2D eigenvalue weighted by Gasteiger charge is 2.37. The van der Waals surface area contributed by atoms with Gasteiger partial charge in [-0.2, -0.15) is 8.78 Å². The van der Waals surface area contributed by atoms with Crippen molar-refractivity contribution < 1.29 is 13.6 Å². The molecule has 0 spiro atoms. The van der Waals surface area contributed by atoms with Gasteiger partial charge in [0.25, 0.3) is 5.91 Å². The lowest BCUT2D eigenvalue weighted by molar-refractivity contribution is -0.144.